The molecule has 1 rings (SSSR count). The predicted octanol–water partition coefficient (Wildman–Crippen LogP) is 0.747. The molecule has 4 heteroatoms. The van der Waals surface area contributed by atoms with E-state index in [-0.39, 0.29) is 10.8 Å². The monoisotopic (exact) mass is 271 g/mol. The Labute approximate surface area is 80.7 Å². The zero-order valence-corrected chi connectivity index (χ0v) is 8.82. The average Bonchev–Trinajstić information content (AvgIpc) is 1.86. The maximum absolute atomic E-state index is 11.4. The molecule has 1 aliphatic rings. The first-order valence-electron chi connectivity index (χ1n) is 3.85. The molecule has 0 aromatic carbocycles. The number of hydroxylamine groups is 3. The molecule has 3 nitrogen and oxygen atoms in total. The molecule has 0 aromatic heterocycles. The minimum absolute atomic E-state index is 0.270. The second-order valence-electron chi connectivity index (χ2n) is 3.47. The molecule has 0 radical (unpaired) electrons. The summed E-state index contributed by atoms with van der Waals surface area (Å²) in [5.41, 5.74) is 0. The minimum Gasteiger partial charge on any atom is -0.633 e. The van der Waals surface area contributed by atoms with E-state index in [0.717, 1.165) is 10.8 Å². The lowest BCUT2D eigenvalue weighted by atomic mass is 9.96. The number of likely N-dealkylation sites (N-methyl/N-ethyl adjacent to an activating group) is 1. The van der Waals surface area contributed by atoms with Crippen LogP contribution < -0.4 is 0 Å². The van der Waals surface area contributed by atoms with Gasteiger partial charge in [-0.15, -0.1) is 0 Å². The normalized spacial score (nSPS) is 45.8. The number of rotatable bonds is 1. The van der Waals surface area contributed by atoms with Gasteiger partial charge < -0.3 is 15.0 Å². The highest BCUT2D eigenvalue weighted by Gasteiger charge is 2.30. The van der Waals surface area contributed by atoms with Crippen LogP contribution in [0.15, 0.2) is 0 Å². The molecular weight excluding hydrogens is 257 g/mol. The van der Waals surface area contributed by atoms with Crippen LogP contribution in [0.5, 0.6) is 0 Å². The predicted molar refractivity (Wildman–Crippen MR) is 52.3 cm³/mol. The van der Waals surface area contributed by atoms with Crippen LogP contribution in [0.3, 0.4) is 0 Å². The lowest BCUT2D eigenvalue weighted by Crippen LogP contribution is -2.52. The molecule has 0 aliphatic carbocycles. The Morgan fingerprint density at radius 3 is 2.82 bits per heavy atom. The van der Waals surface area contributed by atoms with Gasteiger partial charge in [-0.2, -0.15) is 0 Å². The Morgan fingerprint density at radius 2 is 2.36 bits per heavy atom. The van der Waals surface area contributed by atoms with Crippen molar-refractivity contribution in [3.63, 3.8) is 0 Å². The van der Waals surface area contributed by atoms with Gasteiger partial charge in [0.05, 0.1) is 13.6 Å². The van der Waals surface area contributed by atoms with Gasteiger partial charge in [0.2, 0.25) is 0 Å². The molecule has 1 aliphatic heterocycles. The Kier molecular flexibility index (Phi) is 3.13. The number of aliphatic hydroxyl groups excluding tert-OH is 1. The van der Waals surface area contributed by atoms with Gasteiger partial charge in [-0.25, -0.2) is 0 Å². The fourth-order valence-electron chi connectivity index (χ4n) is 1.45. The molecule has 66 valence electrons. The molecule has 1 unspecified atom stereocenters. The SMILES string of the molecule is C[N+]1([O-])CC[C@@H](CI)[C@@H](O)C1. The second kappa shape index (κ2) is 3.55. The van der Waals surface area contributed by atoms with Crippen LogP contribution in [0.2, 0.25) is 0 Å². The van der Waals surface area contributed by atoms with Crippen molar-refractivity contribution in [1.82, 2.24) is 0 Å². The second-order valence-corrected chi connectivity index (χ2v) is 4.35. The average molecular weight is 271 g/mol. The van der Waals surface area contributed by atoms with Gasteiger partial charge in [-0.05, 0) is 0 Å². The summed E-state index contributed by atoms with van der Waals surface area (Å²) in [6.07, 6.45) is 0.479. The van der Waals surface area contributed by atoms with Gasteiger partial charge in [0, 0.05) is 16.8 Å². The largest absolute Gasteiger partial charge is 0.633 e. The molecule has 0 aromatic rings. The summed E-state index contributed by atoms with van der Waals surface area (Å²) < 4.78 is 0.688. The first kappa shape index (κ1) is 9.70. The Balaban J connectivity index is 2.48. The zero-order valence-electron chi connectivity index (χ0n) is 6.66. The summed E-state index contributed by atoms with van der Waals surface area (Å²) >= 11 is 2.26. The van der Waals surface area contributed by atoms with Crippen molar-refractivity contribution < 1.29 is 9.75 Å². The quantitative estimate of drug-likeness (QED) is 0.331. The number of aliphatic hydroxyl groups is 1. The lowest BCUT2D eigenvalue weighted by molar-refractivity contribution is -0.870. The van der Waals surface area contributed by atoms with Crippen molar-refractivity contribution in [2.24, 2.45) is 5.92 Å². The van der Waals surface area contributed by atoms with Gasteiger partial charge in [-0.3, -0.25) is 0 Å². The Hall–Kier alpha value is 0.610. The van der Waals surface area contributed by atoms with Gasteiger partial charge >= 0.3 is 0 Å². The lowest BCUT2D eigenvalue weighted by Gasteiger charge is -2.45. The number of hydrogen-bond acceptors (Lipinski definition) is 2. The summed E-state index contributed by atoms with van der Waals surface area (Å²) in [5.74, 6) is 0.343. The van der Waals surface area contributed by atoms with E-state index in [0.29, 0.717) is 19.0 Å². The number of alkyl halides is 1. The van der Waals surface area contributed by atoms with E-state index >= 15 is 0 Å². The molecule has 0 spiro atoms. The molecule has 3 atom stereocenters. The van der Waals surface area contributed by atoms with E-state index < -0.39 is 0 Å². The zero-order chi connectivity index (χ0) is 8.48. The van der Waals surface area contributed by atoms with E-state index in [2.05, 4.69) is 22.6 Å². The third kappa shape index (κ3) is 2.54. The highest BCUT2D eigenvalue weighted by Crippen LogP contribution is 2.22. The molecule has 11 heavy (non-hydrogen) atoms. The number of halogens is 1. The van der Waals surface area contributed by atoms with Crippen molar-refractivity contribution in [3.8, 4) is 0 Å². The summed E-state index contributed by atoms with van der Waals surface area (Å²) in [6.45, 7) is 1.03. The molecule has 1 saturated heterocycles. The van der Waals surface area contributed by atoms with Crippen LogP contribution in [-0.2, 0) is 0 Å². The molecule has 1 N–H and O–H groups in total. The van der Waals surface area contributed by atoms with E-state index in [9.17, 15) is 10.3 Å². The molecular formula is C7H14INO2. The van der Waals surface area contributed by atoms with E-state index in [4.69, 9.17) is 0 Å². The maximum atomic E-state index is 11.4. The third-order valence-electron chi connectivity index (χ3n) is 2.29. The van der Waals surface area contributed by atoms with Crippen LogP contribution in [0.4, 0.5) is 0 Å². The van der Waals surface area contributed by atoms with Gasteiger partial charge in [-0.1, -0.05) is 22.6 Å². The summed E-state index contributed by atoms with van der Waals surface area (Å²) in [6, 6.07) is 0. The highest BCUT2D eigenvalue weighted by molar-refractivity contribution is 14.1. The minimum atomic E-state index is -0.386. The Bertz CT molecular complexity index is 140. The fourth-order valence-corrected chi connectivity index (χ4v) is 2.47. The maximum Gasteiger partial charge on any atom is 0.107 e. The number of piperidine rings is 1. The number of quaternary nitrogens is 1. The number of hydrogen-bond donors (Lipinski definition) is 1. The third-order valence-corrected chi connectivity index (χ3v) is 3.42. The molecule has 0 amide bonds. The summed E-state index contributed by atoms with van der Waals surface area (Å²) in [4.78, 5) is 0. The van der Waals surface area contributed by atoms with Crippen molar-refractivity contribution in [3.05, 3.63) is 5.21 Å². The van der Waals surface area contributed by atoms with Crippen LogP contribution in [0, 0.1) is 11.1 Å². The van der Waals surface area contributed by atoms with Crippen LogP contribution >= 0.6 is 22.6 Å². The molecule has 0 bridgehead atoms. The van der Waals surface area contributed by atoms with Crippen LogP contribution in [-0.4, -0.2) is 40.4 Å². The molecule has 0 saturated carbocycles. The standard InChI is InChI=1S/C7H14INO2/c1-9(11)3-2-6(4-8)7(10)5-9/h6-7,10H,2-5H2,1H3/t6-,7-,9?/m0/s1. The summed E-state index contributed by atoms with van der Waals surface area (Å²) in [7, 11) is 1.63. The van der Waals surface area contributed by atoms with Crippen molar-refractivity contribution >= 4 is 22.6 Å². The first-order valence-corrected chi connectivity index (χ1v) is 5.37. The molecule has 1 fully saturated rings. The van der Waals surface area contributed by atoms with Crippen molar-refractivity contribution in [2.45, 2.75) is 12.5 Å². The first-order chi connectivity index (χ1) is 5.05. The van der Waals surface area contributed by atoms with E-state index in [1.54, 1.807) is 7.05 Å². The fraction of sp³-hybridized carbons (Fsp3) is 1.00. The van der Waals surface area contributed by atoms with E-state index in [1.165, 1.54) is 0 Å². The Morgan fingerprint density at radius 1 is 1.73 bits per heavy atom. The van der Waals surface area contributed by atoms with Gasteiger partial charge in [0.15, 0.2) is 0 Å². The smallest absolute Gasteiger partial charge is 0.107 e. The van der Waals surface area contributed by atoms with Crippen molar-refractivity contribution in [2.75, 3.05) is 24.6 Å². The topological polar surface area (TPSA) is 43.3 Å². The molecule has 1 heterocycles. The van der Waals surface area contributed by atoms with Gasteiger partial charge in [0.25, 0.3) is 0 Å². The number of nitrogens with zero attached hydrogens (tertiary/aromatic N) is 1. The van der Waals surface area contributed by atoms with Crippen LogP contribution in [0.1, 0.15) is 6.42 Å². The van der Waals surface area contributed by atoms with Crippen LogP contribution in [0.25, 0.3) is 0 Å². The summed E-state index contributed by atoms with van der Waals surface area (Å²) in [5, 5.41) is 20.9. The highest BCUT2D eigenvalue weighted by atomic mass is 127. The van der Waals surface area contributed by atoms with Crippen molar-refractivity contribution in [1.29, 1.82) is 0 Å². The van der Waals surface area contributed by atoms with Gasteiger partial charge in [0.1, 0.15) is 12.6 Å². The number of likely N-dealkylation sites (tertiary alicyclic amines) is 1. The van der Waals surface area contributed by atoms with E-state index in [1.807, 2.05) is 0 Å².